The van der Waals surface area contributed by atoms with E-state index in [0.717, 1.165) is 16.4 Å². The van der Waals surface area contributed by atoms with Crippen molar-refractivity contribution in [2.45, 2.75) is 83.5 Å². The summed E-state index contributed by atoms with van der Waals surface area (Å²) >= 11 is 1.38. The minimum absolute atomic E-state index is 0.00768. The minimum atomic E-state index is -3.75. The number of carbonyl (C=O) groups excluding carboxylic acids is 4. The molecular formula is C44H53FN10O6S2. The maximum atomic E-state index is 16.1. The molecular weight excluding hydrogens is 848 g/mol. The predicted molar refractivity (Wildman–Crippen MR) is 237 cm³/mol. The van der Waals surface area contributed by atoms with Crippen LogP contribution < -0.4 is 20.7 Å². The van der Waals surface area contributed by atoms with Crippen LogP contribution in [0.2, 0.25) is 0 Å². The molecule has 334 valence electrons. The fraction of sp³-hybridized carbons (Fsp3) is 0.500. The van der Waals surface area contributed by atoms with Gasteiger partial charge < -0.3 is 20.4 Å². The summed E-state index contributed by atoms with van der Waals surface area (Å²) in [5.41, 5.74) is 6.92. The lowest BCUT2D eigenvalue weighted by Gasteiger charge is -2.43. The van der Waals surface area contributed by atoms with Gasteiger partial charge in [-0.1, -0.05) is 26.0 Å². The first kappa shape index (κ1) is 44.1. The maximum Gasteiger partial charge on any atom is 0.234 e. The third-order valence-corrected chi connectivity index (χ3v) is 15.7. The van der Waals surface area contributed by atoms with E-state index in [2.05, 4.69) is 29.9 Å². The molecule has 0 aliphatic carbocycles. The lowest BCUT2D eigenvalue weighted by atomic mass is 9.78. The van der Waals surface area contributed by atoms with Crippen LogP contribution >= 0.6 is 11.3 Å². The van der Waals surface area contributed by atoms with Gasteiger partial charge >= 0.3 is 0 Å². The predicted octanol–water partition coefficient (Wildman–Crippen LogP) is 5.31. The average molecular weight is 901 g/mol. The van der Waals surface area contributed by atoms with Crippen molar-refractivity contribution < 1.29 is 32.0 Å². The zero-order valence-electron chi connectivity index (χ0n) is 35.5. The van der Waals surface area contributed by atoms with Gasteiger partial charge in [-0.3, -0.25) is 29.2 Å². The zero-order valence-corrected chi connectivity index (χ0v) is 37.1. The maximum absolute atomic E-state index is 16.1. The summed E-state index contributed by atoms with van der Waals surface area (Å²) in [7, 11) is -3.75. The SMILES string of the molecule is CCCS(=O)(=O)Nc1cccc(-c2nc(C3CCN(C(=O)C4(C)CCN(C(=O)C5CCN(c6ccc([C@H]7CCC(=O)NC7=O)cn6)CC5)CC4)CC3)sc2-c2ccnc(N)n2)c1F. The lowest BCUT2D eigenvalue weighted by molar-refractivity contribution is -0.149. The highest BCUT2D eigenvalue weighted by atomic mass is 32.2. The van der Waals surface area contributed by atoms with Gasteiger partial charge in [0.25, 0.3) is 0 Å². The molecule has 1 aromatic carbocycles. The van der Waals surface area contributed by atoms with Crippen LogP contribution in [0.5, 0.6) is 0 Å². The molecule has 4 N–H and O–H groups in total. The molecule has 1 atom stereocenters. The van der Waals surface area contributed by atoms with Gasteiger partial charge in [-0.15, -0.1) is 11.3 Å². The van der Waals surface area contributed by atoms with E-state index in [1.54, 1.807) is 31.3 Å². The molecule has 0 radical (unpaired) electrons. The van der Waals surface area contributed by atoms with Gasteiger partial charge in [-0.25, -0.2) is 32.7 Å². The summed E-state index contributed by atoms with van der Waals surface area (Å²) in [6, 6.07) is 10.0. The standard InChI is InChI=1S/C44H53FN10O6S2/c1-3-25-63(60,61)52-32-6-4-5-31(36(32)45)37-38(33-11-18-47-43(46)49-33)62-40(51-37)27-12-21-55(22-13-27)42(59)44(2)16-23-54(24-17-44)41(58)28-14-19-53(20-15-28)34-9-7-29(26-48-34)30-8-10-35(56)50-39(30)57/h4-7,9,11,18,26-28,30,52H,3,8,10,12-17,19-25H2,1-2H3,(H2,46,47,49)(H,50,56,57)/t30-/m1/s1. The second-order valence-corrected chi connectivity index (χ2v) is 20.2. The number of carbonyl (C=O) groups is 4. The number of piperidine rings is 4. The molecule has 63 heavy (non-hydrogen) atoms. The van der Waals surface area contributed by atoms with E-state index in [1.807, 2.05) is 28.9 Å². The molecule has 8 rings (SSSR count). The Bertz CT molecular complexity index is 2480. The Balaban J connectivity index is 0.860. The first-order valence-corrected chi connectivity index (χ1v) is 24.2. The lowest BCUT2D eigenvalue weighted by Crippen LogP contribution is -2.52. The van der Waals surface area contributed by atoms with Crippen molar-refractivity contribution in [2.75, 3.05) is 60.4 Å². The number of likely N-dealkylation sites (tertiary alicyclic amines) is 2. The summed E-state index contributed by atoms with van der Waals surface area (Å²) in [6.07, 6.45) is 8.29. The summed E-state index contributed by atoms with van der Waals surface area (Å²) in [6.45, 7) is 7.23. The number of nitrogens with two attached hydrogens (primary N) is 1. The fourth-order valence-electron chi connectivity index (χ4n) is 9.21. The van der Waals surface area contributed by atoms with Crippen molar-refractivity contribution in [1.29, 1.82) is 0 Å². The van der Waals surface area contributed by atoms with Gasteiger partial charge in [0, 0.05) is 80.9 Å². The number of halogens is 1. The number of nitrogen functional groups attached to an aromatic ring is 1. The second kappa shape index (κ2) is 18.3. The molecule has 0 saturated carbocycles. The highest BCUT2D eigenvalue weighted by Crippen LogP contribution is 2.44. The summed E-state index contributed by atoms with van der Waals surface area (Å²) in [4.78, 5) is 76.3. The molecule has 4 aliphatic rings. The quantitative estimate of drug-likeness (QED) is 0.164. The number of pyridine rings is 1. The van der Waals surface area contributed by atoms with E-state index >= 15 is 4.39 Å². The van der Waals surface area contributed by atoms with Crippen molar-refractivity contribution in [3.63, 3.8) is 0 Å². The van der Waals surface area contributed by atoms with Gasteiger partial charge in [0.2, 0.25) is 39.6 Å². The number of hydrogen-bond acceptors (Lipinski definition) is 13. The molecule has 0 bridgehead atoms. The Labute approximate surface area is 370 Å². The average Bonchev–Trinajstić information content (AvgIpc) is 3.72. The number of anilines is 3. The van der Waals surface area contributed by atoms with Crippen molar-refractivity contribution in [1.82, 2.24) is 35.1 Å². The van der Waals surface area contributed by atoms with Crippen LogP contribution in [0.25, 0.3) is 21.8 Å². The molecule has 4 saturated heterocycles. The van der Waals surface area contributed by atoms with Crippen molar-refractivity contribution in [2.24, 2.45) is 11.3 Å². The third kappa shape index (κ3) is 9.54. The van der Waals surface area contributed by atoms with Gasteiger partial charge in [0.15, 0.2) is 5.82 Å². The highest BCUT2D eigenvalue weighted by molar-refractivity contribution is 7.92. The molecule has 16 nitrogen and oxygen atoms in total. The number of nitrogens with zero attached hydrogens (tertiary/aromatic N) is 7. The smallest absolute Gasteiger partial charge is 0.234 e. The largest absolute Gasteiger partial charge is 0.368 e. The number of nitrogens with one attached hydrogen (secondary N) is 2. The van der Waals surface area contributed by atoms with E-state index in [4.69, 9.17) is 10.7 Å². The van der Waals surface area contributed by atoms with Crippen LogP contribution in [0, 0.1) is 17.2 Å². The molecule has 0 spiro atoms. The van der Waals surface area contributed by atoms with Crippen molar-refractivity contribution >= 4 is 62.4 Å². The molecule has 0 unspecified atom stereocenters. The number of imide groups is 1. The van der Waals surface area contributed by atoms with E-state index in [1.165, 1.54) is 23.6 Å². The zero-order chi connectivity index (χ0) is 44.5. The molecule has 4 fully saturated rings. The first-order chi connectivity index (χ1) is 30.2. The fourth-order valence-corrected chi connectivity index (χ4v) is 11.6. The van der Waals surface area contributed by atoms with Gasteiger partial charge in [-0.2, -0.15) is 0 Å². The Hall–Kier alpha value is -5.56. The van der Waals surface area contributed by atoms with Crippen LogP contribution in [-0.2, 0) is 29.2 Å². The number of benzene rings is 1. The van der Waals surface area contributed by atoms with E-state index < -0.39 is 21.3 Å². The summed E-state index contributed by atoms with van der Waals surface area (Å²) < 4.78 is 43.6. The molecule has 19 heteroatoms. The van der Waals surface area contributed by atoms with E-state index in [9.17, 15) is 27.6 Å². The molecule has 3 aromatic heterocycles. The minimum Gasteiger partial charge on any atom is -0.368 e. The van der Waals surface area contributed by atoms with Crippen LogP contribution in [0.4, 0.5) is 21.8 Å². The van der Waals surface area contributed by atoms with Gasteiger partial charge in [-0.05, 0) is 81.2 Å². The van der Waals surface area contributed by atoms with Crippen molar-refractivity contribution in [3.8, 4) is 21.8 Å². The monoisotopic (exact) mass is 900 g/mol. The van der Waals surface area contributed by atoms with Crippen LogP contribution in [0.15, 0.2) is 48.8 Å². The number of hydrogen-bond donors (Lipinski definition) is 3. The Morgan fingerprint density at radius 2 is 1.70 bits per heavy atom. The molecule has 4 aromatic rings. The third-order valence-electron chi connectivity index (χ3n) is 12.9. The first-order valence-electron chi connectivity index (χ1n) is 21.7. The molecule has 4 aliphatic heterocycles. The van der Waals surface area contributed by atoms with E-state index in [-0.39, 0.29) is 64.3 Å². The number of sulfonamides is 1. The van der Waals surface area contributed by atoms with Crippen LogP contribution in [0.3, 0.4) is 0 Å². The van der Waals surface area contributed by atoms with Crippen LogP contribution in [0.1, 0.15) is 94.0 Å². The molecule has 4 amide bonds. The summed E-state index contributed by atoms with van der Waals surface area (Å²) in [5, 5.41) is 3.17. The van der Waals surface area contributed by atoms with Gasteiger partial charge in [0.05, 0.1) is 38.6 Å². The van der Waals surface area contributed by atoms with Crippen LogP contribution in [-0.4, -0.2) is 107 Å². The Morgan fingerprint density at radius 1 is 0.952 bits per heavy atom. The summed E-state index contributed by atoms with van der Waals surface area (Å²) in [5.74, 6) is -0.807. The Kier molecular flexibility index (Phi) is 12.8. The highest BCUT2D eigenvalue weighted by Gasteiger charge is 2.43. The second-order valence-electron chi connectivity index (χ2n) is 17.3. The normalized spacial score (nSPS) is 20.1. The Morgan fingerprint density at radius 3 is 2.37 bits per heavy atom. The van der Waals surface area contributed by atoms with Crippen molar-refractivity contribution in [3.05, 3.63) is 65.2 Å². The topological polar surface area (TPSA) is 214 Å². The number of amides is 4. The van der Waals surface area contributed by atoms with E-state index in [0.29, 0.717) is 113 Å². The number of aromatic nitrogens is 4. The number of thiazole rings is 1. The number of rotatable bonds is 11. The van der Waals surface area contributed by atoms with Gasteiger partial charge in [0.1, 0.15) is 5.82 Å². The molecule has 7 heterocycles.